The van der Waals surface area contributed by atoms with E-state index in [0.717, 1.165) is 61.8 Å². The summed E-state index contributed by atoms with van der Waals surface area (Å²) in [5, 5.41) is 4.29. The molecule has 0 aliphatic rings. The van der Waals surface area contributed by atoms with E-state index in [9.17, 15) is 0 Å². The third kappa shape index (κ3) is 3.17. The second-order valence-corrected chi connectivity index (χ2v) is 8.97. The Hall–Kier alpha value is -4.06. The highest BCUT2D eigenvalue weighted by Crippen LogP contribution is 2.36. The van der Waals surface area contributed by atoms with E-state index in [1.807, 2.05) is 30.5 Å². The summed E-state index contributed by atoms with van der Waals surface area (Å²) in [7, 11) is 0. The number of aromatic amines is 2. The summed E-state index contributed by atoms with van der Waals surface area (Å²) < 4.78 is 15.2. The Morgan fingerprint density at radius 2 is 1.71 bits per heavy atom. The van der Waals surface area contributed by atoms with Crippen LogP contribution in [0.2, 0.25) is 0 Å². The Labute approximate surface area is 196 Å². The molecule has 0 spiro atoms. The van der Waals surface area contributed by atoms with Crippen LogP contribution in [0, 0.1) is 5.82 Å². The van der Waals surface area contributed by atoms with Gasteiger partial charge in [0.25, 0.3) is 0 Å². The summed E-state index contributed by atoms with van der Waals surface area (Å²) in [4.78, 5) is 20.2. The van der Waals surface area contributed by atoms with Gasteiger partial charge in [-0.3, -0.25) is 4.98 Å². The number of imidazole rings is 2. The van der Waals surface area contributed by atoms with Gasteiger partial charge in [0.05, 0.1) is 22.9 Å². The molecular formula is C28H24FN5. The lowest BCUT2D eigenvalue weighted by molar-refractivity contribution is 0.631. The van der Waals surface area contributed by atoms with Crippen LogP contribution in [0.3, 0.4) is 0 Å². The van der Waals surface area contributed by atoms with Gasteiger partial charge in [0.2, 0.25) is 0 Å². The van der Waals surface area contributed by atoms with Crippen molar-refractivity contribution in [3.05, 3.63) is 78.5 Å². The first-order valence-electron chi connectivity index (χ1n) is 11.6. The maximum absolute atomic E-state index is 15.2. The molecule has 168 valence electrons. The molecule has 3 aromatic heterocycles. The Morgan fingerprint density at radius 1 is 0.882 bits per heavy atom. The number of hydrogen-bond donors (Lipinski definition) is 2. The van der Waals surface area contributed by atoms with Crippen LogP contribution in [-0.2, 0) is 6.42 Å². The van der Waals surface area contributed by atoms with E-state index in [1.54, 1.807) is 18.5 Å². The van der Waals surface area contributed by atoms with Gasteiger partial charge in [-0.25, -0.2) is 14.4 Å². The van der Waals surface area contributed by atoms with Crippen molar-refractivity contribution in [1.82, 2.24) is 24.9 Å². The summed E-state index contributed by atoms with van der Waals surface area (Å²) >= 11 is 0. The summed E-state index contributed by atoms with van der Waals surface area (Å²) in [5.41, 5.74) is 4.95. The third-order valence-electron chi connectivity index (χ3n) is 6.48. The van der Waals surface area contributed by atoms with E-state index < -0.39 is 0 Å². The van der Waals surface area contributed by atoms with Gasteiger partial charge in [0, 0.05) is 41.1 Å². The number of aromatic nitrogens is 5. The van der Waals surface area contributed by atoms with Gasteiger partial charge in [0.15, 0.2) is 0 Å². The number of benzene rings is 3. The second kappa shape index (κ2) is 7.76. The predicted octanol–water partition coefficient (Wildman–Crippen LogP) is 7.15. The number of aryl methyl sites for hydroxylation is 1. The zero-order valence-electron chi connectivity index (χ0n) is 19.3. The molecule has 0 aliphatic carbocycles. The van der Waals surface area contributed by atoms with Crippen LogP contribution in [0.5, 0.6) is 0 Å². The maximum Gasteiger partial charge on any atom is 0.133 e. The number of H-pyrrole nitrogens is 2. The molecule has 3 heterocycles. The SMILES string of the molecule is CCc1nc2c3cnccc3c3cc(-c4ccc(-c5cnc(C(C)C)[nH]5)c(F)c4)ccc3c2[nH]1. The van der Waals surface area contributed by atoms with E-state index in [4.69, 9.17) is 4.98 Å². The minimum atomic E-state index is -0.276. The Kier molecular flexibility index (Phi) is 4.69. The largest absolute Gasteiger partial charge is 0.342 e. The first-order valence-corrected chi connectivity index (χ1v) is 11.6. The van der Waals surface area contributed by atoms with E-state index in [2.05, 4.69) is 52.8 Å². The number of fused-ring (bicyclic) bond motifs is 6. The van der Waals surface area contributed by atoms with Gasteiger partial charge >= 0.3 is 0 Å². The maximum atomic E-state index is 15.2. The average Bonchev–Trinajstić information content (AvgIpc) is 3.52. The van der Waals surface area contributed by atoms with Gasteiger partial charge in [0.1, 0.15) is 17.5 Å². The fourth-order valence-electron chi connectivity index (χ4n) is 4.64. The fourth-order valence-corrected chi connectivity index (χ4v) is 4.64. The summed E-state index contributed by atoms with van der Waals surface area (Å²) in [6, 6.07) is 13.7. The molecule has 0 saturated carbocycles. The molecule has 0 aliphatic heterocycles. The average molecular weight is 450 g/mol. The van der Waals surface area contributed by atoms with Crippen LogP contribution < -0.4 is 0 Å². The smallest absolute Gasteiger partial charge is 0.133 e. The topological polar surface area (TPSA) is 70.2 Å². The van der Waals surface area contributed by atoms with Crippen LogP contribution in [0.4, 0.5) is 4.39 Å². The van der Waals surface area contributed by atoms with E-state index in [0.29, 0.717) is 11.3 Å². The van der Waals surface area contributed by atoms with E-state index >= 15 is 4.39 Å². The Balaban J connectivity index is 1.51. The van der Waals surface area contributed by atoms with Crippen LogP contribution in [0.1, 0.15) is 38.3 Å². The van der Waals surface area contributed by atoms with Crippen molar-refractivity contribution >= 4 is 32.6 Å². The van der Waals surface area contributed by atoms with Crippen LogP contribution in [0.15, 0.2) is 61.1 Å². The molecule has 3 aromatic carbocycles. The normalized spacial score (nSPS) is 11.9. The fraction of sp³-hybridized carbons (Fsp3) is 0.179. The zero-order chi connectivity index (χ0) is 23.4. The highest BCUT2D eigenvalue weighted by atomic mass is 19.1. The Bertz CT molecular complexity index is 1690. The van der Waals surface area contributed by atoms with Gasteiger partial charge in [-0.15, -0.1) is 0 Å². The molecule has 6 heteroatoms. The number of pyridine rings is 1. The van der Waals surface area contributed by atoms with Crippen molar-refractivity contribution in [2.75, 3.05) is 0 Å². The number of halogens is 1. The molecule has 0 bridgehead atoms. The van der Waals surface area contributed by atoms with Crippen LogP contribution >= 0.6 is 0 Å². The van der Waals surface area contributed by atoms with Crippen molar-refractivity contribution in [3.8, 4) is 22.4 Å². The molecule has 6 aromatic rings. The molecule has 2 N–H and O–H groups in total. The van der Waals surface area contributed by atoms with Crippen molar-refractivity contribution in [2.45, 2.75) is 33.1 Å². The lowest BCUT2D eigenvalue weighted by atomic mass is 9.96. The molecule has 0 radical (unpaired) electrons. The van der Waals surface area contributed by atoms with Crippen LogP contribution in [0.25, 0.3) is 55.0 Å². The summed E-state index contributed by atoms with van der Waals surface area (Å²) in [6.07, 6.45) is 6.20. The summed E-state index contributed by atoms with van der Waals surface area (Å²) in [5.74, 6) is 1.79. The zero-order valence-corrected chi connectivity index (χ0v) is 19.3. The monoisotopic (exact) mass is 449 g/mol. The lowest BCUT2D eigenvalue weighted by Crippen LogP contribution is -1.91. The van der Waals surface area contributed by atoms with Gasteiger partial charge in [-0.1, -0.05) is 39.0 Å². The first-order chi connectivity index (χ1) is 16.5. The molecule has 0 atom stereocenters. The quantitative estimate of drug-likeness (QED) is 0.281. The van der Waals surface area contributed by atoms with E-state index in [-0.39, 0.29) is 11.7 Å². The molecular weight excluding hydrogens is 425 g/mol. The molecule has 0 amide bonds. The standard InChI is InChI=1S/C28H24FN5/c1-4-25-33-26-19-7-5-16(11-21(19)18-9-10-30-13-22(18)27(26)34-25)17-6-8-20(23(29)12-17)24-14-31-28(32-24)15(2)3/h5-15H,4H2,1-3H3,(H,31,32)(H,33,34). The summed E-state index contributed by atoms with van der Waals surface area (Å²) in [6.45, 7) is 6.20. The van der Waals surface area contributed by atoms with Gasteiger partial charge in [-0.05, 0) is 46.2 Å². The number of nitrogens with one attached hydrogen (secondary N) is 2. The van der Waals surface area contributed by atoms with Crippen molar-refractivity contribution in [1.29, 1.82) is 0 Å². The molecule has 6 rings (SSSR count). The minimum absolute atomic E-state index is 0.258. The van der Waals surface area contributed by atoms with Gasteiger partial charge in [-0.2, -0.15) is 0 Å². The van der Waals surface area contributed by atoms with E-state index in [1.165, 1.54) is 0 Å². The minimum Gasteiger partial charge on any atom is -0.342 e. The third-order valence-corrected chi connectivity index (χ3v) is 6.48. The van der Waals surface area contributed by atoms with Crippen molar-refractivity contribution in [2.24, 2.45) is 0 Å². The molecule has 5 nitrogen and oxygen atoms in total. The van der Waals surface area contributed by atoms with Crippen molar-refractivity contribution < 1.29 is 4.39 Å². The molecule has 34 heavy (non-hydrogen) atoms. The molecule has 0 unspecified atom stereocenters. The number of hydrogen-bond acceptors (Lipinski definition) is 3. The highest BCUT2D eigenvalue weighted by molar-refractivity contribution is 6.23. The van der Waals surface area contributed by atoms with Gasteiger partial charge < -0.3 is 9.97 Å². The first kappa shape index (κ1) is 20.5. The predicted molar refractivity (Wildman–Crippen MR) is 135 cm³/mol. The number of rotatable bonds is 4. The highest BCUT2D eigenvalue weighted by Gasteiger charge is 2.15. The number of nitrogens with zero attached hydrogens (tertiary/aromatic N) is 3. The molecule has 0 fully saturated rings. The van der Waals surface area contributed by atoms with Crippen molar-refractivity contribution in [3.63, 3.8) is 0 Å². The van der Waals surface area contributed by atoms with Crippen LogP contribution in [-0.4, -0.2) is 24.9 Å². The Morgan fingerprint density at radius 3 is 2.47 bits per heavy atom. The second-order valence-electron chi connectivity index (χ2n) is 8.97. The lowest BCUT2D eigenvalue weighted by Gasteiger charge is -2.10. The molecule has 0 saturated heterocycles.